The van der Waals surface area contributed by atoms with Gasteiger partial charge in [0.2, 0.25) is 10.0 Å². The Hall–Kier alpha value is -4.15. The van der Waals surface area contributed by atoms with E-state index in [1.54, 1.807) is 18.2 Å². The number of rotatable bonds is 9. The van der Waals surface area contributed by atoms with E-state index < -0.39 is 10.0 Å². The van der Waals surface area contributed by atoms with E-state index >= 15 is 0 Å². The molecule has 2 aliphatic heterocycles. The summed E-state index contributed by atoms with van der Waals surface area (Å²) >= 11 is 0. The van der Waals surface area contributed by atoms with Crippen LogP contribution in [0.5, 0.6) is 0 Å². The van der Waals surface area contributed by atoms with Gasteiger partial charge >= 0.3 is 0 Å². The number of anilines is 3. The zero-order valence-corrected chi connectivity index (χ0v) is 26.4. The first-order chi connectivity index (χ1) is 21.1. The maximum absolute atomic E-state index is 13.9. The van der Waals surface area contributed by atoms with Gasteiger partial charge in [-0.25, -0.2) is 13.6 Å². The van der Waals surface area contributed by atoms with Crippen LogP contribution in [-0.2, 0) is 10.0 Å². The summed E-state index contributed by atoms with van der Waals surface area (Å²) in [4.78, 5) is 22.6. The molecule has 5 rings (SSSR count). The summed E-state index contributed by atoms with van der Waals surface area (Å²) in [6, 6.07) is 19.3. The minimum absolute atomic E-state index is 0.0141. The quantitative estimate of drug-likeness (QED) is 0.270. The summed E-state index contributed by atoms with van der Waals surface area (Å²) < 4.78 is 24.3. The van der Waals surface area contributed by atoms with Crippen LogP contribution in [-0.4, -0.2) is 77.3 Å². The van der Waals surface area contributed by atoms with Crippen LogP contribution >= 0.6 is 0 Å². The zero-order chi connectivity index (χ0) is 31.4. The Balaban J connectivity index is 1.32. The normalized spacial score (nSPS) is 16.1. The lowest BCUT2D eigenvalue weighted by molar-refractivity contribution is 0.0746. The van der Waals surface area contributed by atoms with Crippen molar-refractivity contribution in [3.8, 4) is 0 Å². The molecule has 2 saturated heterocycles. The Morgan fingerprint density at radius 3 is 2.18 bits per heavy atom. The number of sulfonamides is 1. The van der Waals surface area contributed by atoms with Crippen molar-refractivity contribution in [3.05, 3.63) is 95.6 Å². The first kappa shape index (κ1) is 31.3. The van der Waals surface area contributed by atoms with Gasteiger partial charge in [-0.15, -0.1) is 6.58 Å². The molecule has 0 atom stereocenters. The van der Waals surface area contributed by atoms with Crippen molar-refractivity contribution in [2.45, 2.75) is 37.6 Å². The topological polar surface area (TPSA) is 114 Å². The number of piperazine rings is 1. The third-order valence-electron chi connectivity index (χ3n) is 8.83. The van der Waals surface area contributed by atoms with Crippen LogP contribution in [0, 0.1) is 19.3 Å². The highest BCUT2D eigenvalue weighted by atomic mass is 32.2. The second-order valence-electron chi connectivity index (χ2n) is 11.6. The highest BCUT2D eigenvalue weighted by Crippen LogP contribution is 2.32. The maximum atomic E-state index is 13.9. The van der Waals surface area contributed by atoms with Gasteiger partial charge < -0.3 is 25.0 Å². The molecule has 3 aromatic carbocycles. The Kier molecular flexibility index (Phi) is 9.41. The molecule has 0 spiro atoms. The van der Waals surface area contributed by atoms with Gasteiger partial charge in [0.1, 0.15) is 4.90 Å². The Morgan fingerprint density at radius 1 is 0.932 bits per heavy atom. The molecule has 0 saturated carbocycles. The van der Waals surface area contributed by atoms with Gasteiger partial charge in [0.25, 0.3) is 5.91 Å². The van der Waals surface area contributed by atoms with E-state index in [-0.39, 0.29) is 10.8 Å². The molecule has 2 fully saturated rings. The van der Waals surface area contributed by atoms with Gasteiger partial charge in [0, 0.05) is 80.6 Å². The van der Waals surface area contributed by atoms with E-state index in [1.807, 2.05) is 41.0 Å². The van der Waals surface area contributed by atoms with E-state index in [2.05, 4.69) is 41.5 Å². The average Bonchev–Trinajstić information content (AvgIpc) is 3.03. The first-order valence-electron chi connectivity index (χ1n) is 15.1. The predicted octanol–water partition coefficient (Wildman–Crippen LogP) is 4.57. The number of nitrogens with one attached hydrogen (secondary N) is 1. The number of primary sulfonamides is 1. The Morgan fingerprint density at radius 2 is 1.55 bits per heavy atom. The van der Waals surface area contributed by atoms with E-state index in [9.17, 15) is 13.2 Å². The number of carbonyl (C=O) groups excluding carboxylic acids is 1. The highest BCUT2D eigenvalue weighted by Gasteiger charge is 2.29. The molecular formula is C34H42N6O3S. The first-order valence-corrected chi connectivity index (χ1v) is 16.7. The monoisotopic (exact) mass is 614 g/mol. The Labute approximate surface area is 261 Å². The maximum Gasteiger partial charge on any atom is 0.254 e. The number of benzene rings is 3. The van der Waals surface area contributed by atoms with Crippen LogP contribution in [0.4, 0.5) is 17.1 Å². The number of carbonyl (C=O) groups is 1. The molecule has 0 unspecified atom stereocenters. The lowest BCUT2D eigenvalue weighted by Crippen LogP contribution is -2.49. The van der Waals surface area contributed by atoms with Crippen molar-refractivity contribution in [2.75, 3.05) is 60.5 Å². The molecule has 2 heterocycles. The van der Waals surface area contributed by atoms with Crippen LogP contribution in [0.3, 0.4) is 0 Å². The van der Waals surface area contributed by atoms with Gasteiger partial charge in [-0.2, -0.15) is 0 Å². The third-order valence-corrected chi connectivity index (χ3v) is 9.78. The van der Waals surface area contributed by atoms with Gasteiger partial charge in [-0.1, -0.05) is 42.5 Å². The minimum atomic E-state index is -3.86. The molecule has 0 aromatic heterocycles. The molecule has 232 valence electrons. The molecule has 10 heteroatoms. The van der Waals surface area contributed by atoms with E-state index in [1.165, 1.54) is 12.3 Å². The molecule has 0 aliphatic carbocycles. The van der Waals surface area contributed by atoms with Crippen LogP contribution in [0.2, 0.25) is 0 Å². The van der Waals surface area contributed by atoms with Crippen LogP contribution < -0.4 is 19.8 Å². The molecule has 3 aromatic rings. The largest absolute Gasteiger partial charge is 0.371 e. The van der Waals surface area contributed by atoms with Crippen molar-refractivity contribution < 1.29 is 13.2 Å². The van der Waals surface area contributed by atoms with E-state index in [4.69, 9.17) is 10.5 Å². The molecular weight excluding hydrogens is 572 g/mol. The number of nitrogens with zero attached hydrogens (tertiary/aromatic N) is 4. The number of para-hydroxylation sites is 2. The van der Waals surface area contributed by atoms with Crippen molar-refractivity contribution in [3.63, 3.8) is 0 Å². The van der Waals surface area contributed by atoms with E-state index in [0.29, 0.717) is 50.0 Å². The molecule has 44 heavy (non-hydrogen) atoms. The number of amides is 1. The van der Waals surface area contributed by atoms with Gasteiger partial charge in [-0.05, 0) is 62.1 Å². The van der Waals surface area contributed by atoms with E-state index in [0.717, 1.165) is 54.0 Å². The third kappa shape index (κ3) is 6.51. The molecule has 1 amide bonds. The fraction of sp³-hybridized carbons (Fsp3) is 0.353. The highest BCUT2D eigenvalue weighted by molar-refractivity contribution is 7.89. The average molecular weight is 615 g/mol. The van der Waals surface area contributed by atoms with Crippen LogP contribution in [0.25, 0.3) is 0 Å². The standard InChI is InChI=1S/C34H42N6O3S/c1-4-15-40(28-13-16-37(17-14-28)30-10-6-5-9-27(30)24-35)32-23-29(25(2)22-26(32)3)34(41)39-20-18-38(19-21-39)31-11-7-8-12-33(31)44(36,42)43/h4-12,22-24,28,35H,1,13-21H2,2-3H3,(H2,36,42,43). The lowest BCUT2D eigenvalue weighted by Gasteiger charge is -2.41. The fourth-order valence-electron chi connectivity index (χ4n) is 6.56. The SMILES string of the molecule is C=CCN(c1cc(C(=O)N2CCN(c3ccccc3S(N)(=O)=O)CC2)c(C)cc1C)C1CCN(c2ccccc2C=N)CC1. The summed E-state index contributed by atoms with van der Waals surface area (Å²) in [7, 11) is -3.86. The predicted molar refractivity (Wildman–Crippen MR) is 179 cm³/mol. The Bertz CT molecular complexity index is 1640. The van der Waals surface area contributed by atoms with Crippen molar-refractivity contribution in [1.82, 2.24) is 4.90 Å². The van der Waals surface area contributed by atoms with Gasteiger partial charge in [0.05, 0.1) is 5.69 Å². The molecule has 9 nitrogen and oxygen atoms in total. The minimum Gasteiger partial charge on any atom is -0.371 e. The summed E-state index contributed by atoms with van der Waals surface area (Å²) in [5.74, 6) is -0.0141. The summed E-state index contributed by atoms with van der Waals surface area (Å²) in [6.07, 6.45) is 5.26. The second kappa shape index (κ2) is 13.2. The summed E-state index contributed by atoms with van der Waals surface area (Å²) in [5.41, 5.74) is 6.41. The van der Waals surface area contributed by atoms with Gasteiger partial charge in [-0.3, -0.25) is 4.79 Å². The number of aryl methyl sites for hydroxylation is 2. The molecule has 3 N–H and O–H groups in total. The fourth-order valence-corrected chi connectivity index (χ4v) is 7.32. The lowest BCUT2D eigenvalue weighted by atomic mass is 9.97. The molecule has 0 bridgehead atoms. The van der Waals surface area contributed by atoms with Crippen molar-refractivity contribution >= 4 is 39.2 Å². The van der Waals surface area contributed by atoms with Crippen LogP contribution in [0.1, 0.15) is 39.9 Å². The number of piperidine rings is 1. The smallest absolute Gasteiger partial charge is 0.254 e. The number of hydrogen-bond donors (Lipinski definition) is 2. The van der Waals surface area contributed by atoms with Crippen molar-refractivity contribution in [2.24, 2.45) is 5.14 Å². The van der Waals surface area contributed by atoms with Crippen molar-refractivity contribution in [1.29, 1.82) is 5.41 Å². The van der Waals surface area contributed by atoms with Gasteiger partial charge in [0.15, 0.2) is 0 Å². The summed E-state index contributed by atoms with van der Waals surface area (Å²) in [5, 5.41) is 13.3. The summed E-state index contributed by atoms with van der Waals surface area (Å²) in [6.45, 7) is 12.6. The second-order valence-corrected chi connectivity index (χ2v) is 13.1. The number of hydrogen-bond acceptors (Lipinski definition) is 7. The molecule has 2 aliphatic rings. The number of nitrogens with two attached hydrogens (primary N) is 1. The molecule has 0 radical (unpaired) electrons. The van der Waals surface area contributed by atoms with Crippen LogP contribution in [0.15, 0.2) is 78.2 Å². The zero-order valence-electron chi connectivity index (χ0n) is 25.6.